The summed E-state index contributed by atoms with van der Waals surface area (Å²) < 4.78 is 4.82. The third-order valence-corrected chi connectivity index (χ3v) is 3.14. The Bertz CT molecular complexity index is 666. The molecule has 8 heteroatoms. The summed E-state index contributed by atoms with van der Waals surface area (Å²) in [6.07, 6.45) is 0.961. The Morgan fingerprint density at radius 2 is 2.04 bits per heavy atom. The fourth-order valence-corrected chi connectivity index (χ4v) is 2.23. The van der Waals surface area contributed by atoms with Gasteiger partial charge in [0.05, 0.1) is 28.2 Å². The van der Waals surface area contributed by atoms with Gasteiger partial charge in [-0.25, -0.2) is 9.59 Å². The number of nitrogens with zero attached hydrogens (tertiary/aromatic N) is 1. The van der Waals surface area contributed by atoms with Crippen LogP contribution < -0.4 is 5.32 Å². The minimum absolute atomic E-state index is 0.0266. The number of ether oxygens (including phenoxy) is 1. The predicted molar refractivity (Wildman–Crippen MR) is 84.3 cm³/mol. The van der Waals surface area contributed by atoms with E-state index in [1.54, 1.807) is 27.0 Å². The largest absolute Gasteiger partial charge is 0.478 e. The van der Waals surface area contributed by atoms with Crippen LogP contribution in [0.1, 0.15) is 25.0 Å². The van der Waals surface area contributed by atoms with Crippen molar-refractivity contribution in [3.05, 3.63) is 39.4 Å². The number of rotatable bonds is 7. The number of aliphatic carboxylic acids is 1. The zero-order chi connectivity index (χ0) is 17.6. The second-order valence-corrected chi connectivity index (χ2v) is 4.47. The Labute approximate surface area is 132 Å². The summed E-state index contributed by atoms with van der Waals surface area (Å²) in [5.74, 6) is -2.31. The van der Waals surface area contributed by atoms with Gasteiger partial charge in [0.15, 0.2) is 0 Å². The van der Waals surface area contributed by atoms with Crippen molar-refractivity contribution >= 4 is 28.9 Å². The second-order valence-electron chi connectivity index (χ2n) is 4.47. The SMILES string of the molecule is CCOC(=O)C(=CC(=O)O)c1ccc(NC)c(CC)c1[N+](=O)[O-]. The number of nitrogens with one attached hydrogen (secondary N) is 1. The monoisotopic (exact) mass is 322 g/mol. The summed E-state index contributed by atoms with van der Waals surface area (Å²) in [6, 6.07) is 2.91. The summed E-state index contributed by atoms with van der Waals surface area (Å²) in [5.41, 5.74) is 0.187. The molecule has 0 aliphatic heterocycles. The molecule has 0 saturated carbocycles. The molecule has 0 aliphatic rings. The molecule has 0 heterocycles. The molecule has 2 N–H and O–H groups in total. The lowest BCUT2D eigenvalue weighted by Crippen LogP contribution is -2.12. The van der Waals surface area contributed by atoms with E-state index in [-0.39, 0.29) is 23.4 Å². The molecule has 0 aliphatic carbocycles. The van der Waals surface area contributed by atoms with E-state index in [0.29, 0.717) is 23.7 Å². The smallest absolute Gasteiger partial charge is 0.339 e. The molecule has 0 atom stereocenters. The average molecular weight is 322 g/mol. The molecule has 0 bridgehead atoms. The minimum atomic E-state index is -1.39. The van der Waals surface area contributed by atoms with Crippen LogP contribution in [0.5, 0.6) is 0 Å². The number of esters is 1. The van der Waals surface area contributed by atoms with Crippen molar-refractivity contribution in [2.24, 2.45) is 0 Å². The van der Waals surface area contributed by atoms with E-state index in [9.17, 15) is 19.7 Å². The lowest BCUT2D eigenvalue weighted by molar-refractivity contribution is -0.385. The van der Waals surface area contributed by atoms with E-state index in [1.165, 1.54) is 6.07 Å². The van der Waals surface area contributed by atoms with Crippen LogP contribution in [0.25, 0.3) is 5.57 Å². The maximum Gasteiger partial charge on any atom is 0.339 e. The molecule has 0 radical (unpaired) electrons. The third kappa shape index (κ3) is 4.06. The first-order valence-corrected chi connectivity index (χ1v) is 6.97. The van der Waals surface area contributed by atoms with Gasteiger partial charge in [-0.3, -0.25) is 10.1 Å². The number of anilines is 1. The molecule has 1 aromatic carbocycles. The zero-order valence-electron chi connectivity index (χ0n) is 13.1. The number of nitro groups is 1. The first-order valence-electron chi connectivity index (χ1n) is 6.97. The number of hydrogen-bond acceptors (Lipinski definition) is 6. The number of carboxylic acid groups (broad SMARTS) is 1. The lowest BCUT2D eigenvalue weighted by atomic mass is 9.97. The number of carbonyl (C=O) groups is 2. The molecule has 1 aromatic rings. The van der Waals surface area contributed by atoms with Crippen LogP contribution in [0.3, 0.4) is 0 Å². The number of carbonyl (C=O) groups excluding carboxylic acids is 1. The Kier molecular flexibility index (Phi) is 6.25. The van der Waals surface area contributed by atoms with Gasteiger partial charge in [-0.05, 0) is 25.5 Å². The molecule has 0 spiro atoms. The van der Waals surface area contributed by atoms with Gasteiger partial charge < -0.3 is 15.2 Å². The molecule has 0 aromatic heterocycles. The molecule has 1 rings (SSSR count). The van der Waals surface area contributed by atoms with Gasteiger partial charge in [-0.15, -0.1) is 0 Å². The van der Waals surface area contributed by atoms with Gasteiger partial charge in [0.2, 0.25) is 0 Å². The summed E-state index contributed by atoms with van der Waals surface area (Å²) in [4.78, 5) is 33.9. The van der Waals surface area contributed by atoms with Crippen LogP contribution in [0, 0.1) is 10.1 Å². The van der Waals surface area contributed by atoms with Crippen molar-refractivity contribution in [3.8, 4) is 0 Å². The second kappa shape index (κ2) is 7.92. The molecular formula is C15H18N2O6. The van der Waals surface area contributed by atoms with Crippen molar-refractivity contribution in [1.82, 2.24) is 0 Å². The summed E-state index contributed by atoms with van der Waals surface area (Å²) in [5, 5.41) is 23.3. The predicted octanol–water partition coefficient (Wildman–Crippen LogP) is 2.23. The fraction of sp³-hybridized carbons (Fsp3) is 0.333. The highest BCUT2D eigenvalue weighted by atomic mass is 16.6. The molecule has 0 fully saturated rings. The maximum atomic E-state index is 12.0. The highest BCUT2D eigenvalue weighted by Crippen LogP contribution is 2.35. The highest BCUT2D eigenvalue weighted by molar-refractivity contribution is 6.21. The zero-order valence-corrected chi connectivity index (χ0v) is 13.1. The van der Waals surface area contributed by atoms with E-state index in [1.807, 2.05) is 0 Å². The molecule has 124 valence electrons. The number of carboxylic acids is 1. The lowest BCUT2D eigenvalue weighted by Gasteiger charge is -2.13. The third-order valence-electron chi connectivity index (χ3n) is 3.14. The highest BCUT2D eigenvalue weighted by Gasteiger charge is 2.28. The van der Waals surface area contributed by atoms with Gasteiger partial charge in [0, 0.05) is 18.8 Å². The molecular weight excluding hydrogens is 304 g/mol. The Hall–Kier alpha value is -2.90. The minimum Gasteiger partial charge on any atom is -0.478 e. The van der Waals surface area contributed by atoms with Crippen LogP contribution >= 0.6 is 0 Å². The van der Waals surface area contributed by atoms with Gasteiger partial charge in [-0.2, -0.15) is 0 Å². The van der Waals surface area contributed by atoms with Gasteiger partial charge in [-0.1, -0.05) is 6.92 Å². The van der Waals surface area contributed by atoms with E-state index in [4.69, 9.17) is 9.84 Å². The quantitative estimate of drug-likeness (QED) is 0.342. The maximum absolute atomic E-state index is 12.0. The van der Waals surface area contributed by atoms with E-state index in [0.717, 1.165) is 0 Å². The van der Waals surface area contributed by atoms with Crippen LogP contribution in [-0.2, 0) is 20.7 Å². The molecule has 23 heavy (non-hydrogen) atoms. The van der Waals surface area contributed by atoms with Gasteiger partial charge in [0.25, 0.3) is 5.69 Å². The molecule has 0 unspecified atom stereocenters. The van der Waals surface area contributed by atoms with Gasteiger partial charge in [0.1, 0.15) is 0 Å². The number of benzene rings is 1. The topological polar surface area (TPSA) is 119 Å². The van der Waals surface area contributed by atoms with Crippen LogP contribution in [0.15, 0.2) is 18.2 Å². The van der Waals surface area contributed by atoms with E-state index < -0.39 is 16.9 Å². The number of hydrogen-bond donors (Lipinski definition) is 2. The normalized spacial score (nSPS) is 11.0. The van der Waals surface area contributed by atoms with Crippen molar-refractivity contribution in [2.75, 3.05) is 19.0 Å². The van der Waals surface area contributed by atoms with Crippen LogP contribution in [0.4, 0.5) is 11.4 Å². The van der Waals surface area contributed by atoms with Crippen LogP contribution in [0.2, 0.25) is 0 Å². The Morgan fingerprint density at radius 3 is 2.48 bits per heavy atom. The van der Waals surface area contributed by atoms with E-state index in [2.05, 4.69) is 5.32 Å². The first-order chi connectivity index (χ1) is 10.9. The van der Waals surface area contributed by atoms with Crippen LogP contribution in [-0.4, -0.2) is 35.6 Å². The van der Waals surface area contributed by atoms with Crippen molar-refractivity contribution in [3.63, 3.8) is 0 Å². The summed E-state index contributed by atoms with van der Waals surface area (Å²) >= 11 is 0. The molecule has 8 nitrogen and oxygen atoms in total. The van der Waals surface area contributed by atoms with Crippen molar-refractivity contribution in [2.45, 2.75) is 20.3 Å². The Balaban J connectivity index is 3.69. The molecule has 0 saturated heterocycles. The van der Waals surface area contributed by atoms with Gasteiger partial charge >= 0.3 is 11.9 Å². The van der Waals surface area contributed by atoms with Crippen molar-refractivity contribution in [1.29, 1.82) is 0 Å². The summed E-state index contributed by atoms with van der Waals surface area (Å²) in [6.45, 7) is 3.32. The molecule has 0 amide bonds. The van der Waals surface area contributed by atoms with Crippen molar-refractivity contribution < 1.29 is 24.4 Å². The Morgan fingerprint density at radius 1 is 1.39 bits per heavy atom. The number of nitro benzene ring substituents is 1. The average Bonchev–Trinajstić information content (AvgIpc) is 2.50. The first kappa shape index (κ1) is 18.1. The standard InChI is InChI=1S/C15H18N2O6/c1-4-9-12(16-3)7-6-10(14(9)17(21)22)11(8-13(18)19)15(20)23-5-2/h6-8,16H,4-5H2,1-3H3,(H,18,19). The van der Waals surface area contributed by atoms with E-state index >= 15 is 0 Å². The summed E-state index contributed by atoms with van der Waals surface area (Å²) in [7, 11) is 1.62. The fourth-order valence-electron chi connectivity index (χ4n) is 2.23.